The second kappa shape index (κ2) is 8.42. The fraction of sp³-hybridized carbons (Fsp3) is 0.188. The van der Waals surface area contributed by atoms with Crippen LogP contribution in [0.25, 0.3) is 0 Å². The van der Waals surface area contributed by atoms with Gasteiger partial charge in [-0.25, -0.2) is 0 Å². The lowest BCUT2D eigenvalue weighted by Crippen LogP contribution is -2.47. The van der Waals surface area contributed by atoms with E-state index in [-0.39, 0.29) is 17.6 Å². The van der Waals surface area contributed by atoms with Gasteiger partial charge in [-0.3, -0.25) is 20.4 Å². The van der Waals surface area contributed by atoms with Gasteiger partial charge in [0.15, 0.2) is 5.11 Å². The van der Waals surface area contributed by atoms with E-state index in [0.717, 1.165) is 16.8 Å². The van der Waals surface area contributed by atoms with Crippen molar-refractivity contribution in [3.63, 3.8) is 0 Å². The van der Waals surface area contributed by atoms with Crippen LogP contribution in [0, 0.1) is 13.8 Å². The van der Waals surface area contributed by atoms with Gasteiger partial charge >= 0.3 is 0 Å². The van der Waals surface area contributed by atoms with E-state index >= 15 is 0 Å². The molecule has 1 heterocycles. The average molecular weight is 362 g/mol. The Morgan fingerprint density at radius 3 is 2.67 bits per heavy atom. The summed E-state index contributed by atoms with van der Waals surface area (Å²) in [7, 11) is 0. The Morgan fingerprint density at radius 2 is 1.96 bits per heavy atom. The maximum Gasteiger partial charge on any atom is 0.257 e. The predicted molar refractivity (Wildman–Crippen MR) is 100 cm³/mol. The molecule has 1 aromatic heterocycles. The van der Waals surface area contributed by atoms with Gasteiger partial charge in [0.25, 0.3) is 11.8 Å². The highest BCUT2D eigenvalue weighted by atomic mass is 32.1. The molecule has 0 saturated carbocycles. The van der Waals surface area contributed by atoms with Crippen LogP contribution in [-0.2, 0) is 4.79 Å². The molecule has 8 heteroatoms. The van der Waals surface area contributed by atoms with Crippen molar-refractivity contribution >= 4 is 46.2 Å². The van der Waals surface area contributed by atoms with Crippen molar-refractivity contribution in [2.24, 2.45) is 0 Å². The number of anilines is 1. The molecule has 2 aromatic rings. The number of hydrazine groups is 1. The second-order valence-corrected chi connectivity index (χ2v) is 6.33. The van der Waals surface area contributed by atoms with Crippen molar-refractivity contribution in [2.45, 2.75) is 13.8 Å². The van der Waals surface area contributed by atoms with Gasteiger partial charge in [-0.1, -0.05) is 12.1 Å². The zero-order valence-corrected chi connectivity index (χ0v) is 14.9. The summed E-state index contributed by atoms with van der Waals surface area (Å²) in [5.41, 5.74) is 8.59. The quantitative estimate of drug-likeness (QED) is 0.495. The summed E-state index contributed by atoms with van der Waals surface area (Å²) in [6.07, 6.45) is 0. The molecule has 2 amide bonds. The molecule has 0 atom stereocenters. The first kappa shape index (κ1) is 17.9. The molecule has 0 aliphatic carbocycles. The number of thiophene rings is 1. The van der Waals surface area contributed by atoms with Crippen molar-refractivity contribution in [2.75, 3.05) is 11.9 Å². The lowest BCUT2D eigenvalue weighted by atomic mass is 10.1. The molecule has 0 saturated heterocycles. The summed E-state index contributed by atoms with van der Waals surface area (Å²) in [5.74, 6) is -0.689. The Balaban J connectivity index is 1.74. The maximum absolute atomic E-state index is 11.7. The van der Waals surface area contributed by atoms with Crippen molar-refractivity contribution in [3.05, 3.63) is 51.7 Å². The molecule has 6 nitrogen and oxygen atoms in total. The Kier molecular flexibility index (Phi) is 6.28. The normalized spacial score (nSPS) is 9.92. The van der Waals surface area contributed by atoms with Crippen LogP contribution in [0.2, 0.25) is 0 Å². The van der Waals surface area contributed by atoms with Gasteiger partial charge < -0.3 is 10.6 Å². The Hall–Kier alpha value is -2.45. The third-order valence-electron chi connectivity index (χ3n) is 3.15. The number of aryl methyl sites for hydroxylation is 2. The van der Waals surface area contributed by atoms with E-state index in [1.807, 2.05) is 32.0 Å². The van der Waals surface area contributed by atoms with E-state index in [1.165, 1.54) is 11.3 Å². The number of rotatable bonds is 4. The second-order valence-electron chi connectivity index (χ2n) is 5.14. The van der Waals surface area contributed by atoms with Gasteiger partial charge in [-0.15, -0.1) is 0 Å². The highest BCUT2D eigenvalue weighted by Crippen LogP contribution is 2.15. The SMILES string of the molecule is Cc1ccc(C)c(NC(=S)NNC(=O)CNC(=O)c2ccsc2)c1. The molecule has 0 aliphatic rings. The number of carbonyl (C=O) groups excluding carboxylic acids is 2. The standard InChI is InChI=1S/C16H18N4O2S2/c1-10-3-4-11(2)13(7-10)18-16(23)20-19-14(21)8-17-15(22)12-5-6-24-9-12/h3-7,9H,8H2,1-2H3,(H,17,22)(H,19,21)(H2,18,20,23). The first-order valence-corrected chi connectivity index (χ1v) is 8.54. The molecule has 0 spiro atoms. The van der Waals surface area contributed by atoms with Gasteiger partial charge in [0, 0.05) is 16.6 Å². The number of hydrogen-bond donors (Lipinski definition) is 4. The predicted octanol–water partition coefficient (Wildman–Crippen LogP) is 2.11. The molecule has 0 radical (unpaired) electrons. The minimum Gasteiger partial charge on any atom is -0.343 e. The van der Waals surface area contributed by atoms with Crippen LogP contribution < -0.4 is 21.5 Å². The number of amides is 2. The monoisotopic (exact) mass is 362 g/mol. The minimum absolute atomic E-state index is 0.145. The molecule has 0 aliphatic heterocycles. The molecule has 0 unspecified atom stereocenters. The Bertz CT molecular complexity index is 745. The molecular weight excluding hydrogens is 344 g/mol. The van der Waals surface area contributed by atoms with Crippen LogP contribution >= 0.6 is 23.6 Å². The molecule has 0 bridgehead atoms. The first-order valence-electron chi connectivity index (χ1n) is 7.19. The van der Waals surface area contributed by atoms with Crippen molar-refractivity contribution in [3.8, 4) is 0 Å². The summed E-state index contributed by atoms with van der Waals surface area (Å²) in [4.78, 5) is 23.4. The van der Waals surface area contributed by atoms with Crippen LogP contribution in [0.3, 0.4) is 0 Å². The zero-order chi connectivity index (χ0) is 17.5. The van der Waals surface area contributed by atoms with Crippen molar-refractivity contribution < 1.29 is 9.59 Å². The van der Waals surface area contributed by atoms with E-state index in [2.05, 4.69) is 21.5 Å². The lowest BCUT2D eigenvalue weighted by molar-refractivity contribution is -0.120. The fourth-order valence-corrected chi connectivity index (χ4v) is 2.65. The number of thiocarbonyl (C=S) groups is 1. The zero-order valence-electron chi connectivity index (χ0n) is 13.3. The topological polar surface area (TPSA) is 82.3 Å². The van der Waals surface area contributed by atoms with Gasteiger partial charge in [-0.05, 0) is 54.7 Å². The fourth-order valence-electron chi connectivity index (χ4n) is 1.85. The van der Waals surface area contributed by atoms with Gasteiger partial charge in [0.2, 0.25) is 0 Å². The number of carbonyl (C=O) groups is 2. The van der Waals surface area contributed by atoms with E-state index in [0.29, 0.717) is 5.56 Å². The molecule has 1 aromatic carbocycles. The van der Waals surface area contributed by atoms with Crippen molar-refractivity contribution in [1.82, 2.24) is 16.2 Å². The largest absolute Gasteiger partial charge is 0.343 e. The third-order valence-corrected chi connectivity index (χ3v) is 4.04. The Morgan fingerprint density at radius 1 is 1.17 bits per heavy atom. The molecular formula is C16H18N4O2S2. The van der Waals surface area contributed by atoms with Gasteiger partial charge in [-0.2, -0.15) is 11.3 Å². The molecule has 0 fully saturated rings. The van der Waals surface area contributed by atoms with Crippen LogP contribution in [0.1, 0.15) is 21.5 Å². The van der Waals surface area contributed by atoms with Crippen LogP contribution in [0.15, 0.2) is 35.0 Å². The molecule has 4 N–H and O–H groups in total. The number of hydrogen-bond acceptors (Lipinski definition) is 4. The Labute approximate surface area is 149 Å². The molecule has 24 heavy (non-hydrogen) atoms. The summed E-state index contributed by atoms with van der Waals surface area (Å²) in [6.45, 7) is 3.80. The van der Waals surface area contributed by atoms with E-state index in [1.54, 1.807) is 16.8 Å². The average Bonchev–Trinajstić information content (AvgIpc) is 3.08. The van der Waals surface area contributed by atoms with Gasteiger partial charge in [0.1, 0.15) is 0 Å². The molecule has 2 rings (SSSR count). The van der Waals surface area contributed by atoms with Crippen molar-refractivity contribution in [1.29, 1.82) is 0 Å². The summed E-state index contributed by atoms with van der Waals surface area (Å²) in [6, 6.07) is 7.65. The van der Waals surface area contributed by atoms with E-state index in [4.69, 9.17) is 12.2 Å². The van der Waals surface area contributed by atoms with Crippen LogP contribution in [-0.4, -0.2) is 23.5 Å². The van der Waals surface area contributed by atoms with E-state index in [9.17, 15) is 9.59 Å². The van der Waals surface area contributed by atoms with E-state index < -0.39 is 5.91 Å². The number of nitrogens with one attached hydrogen (secondary N) is 4. The highest BCUT2D eigenvalue weighted by molar-refractivity contribution is 7.80. The summed E-state index contributed by atoms with van der Waals surface area (Å²) >= 11 is 6.56. The third kappa shape index (κ3) is 5.32. The van der Waals surface area contributed by atoms with Gasteiger partial charge in [0.05, 0.1) is 6.54 Å². The van der Waals surface area contributed by atoms with Crippen LogP contribution in [0.4, 0.5) is 5.69 Å². The first-order chi connectivity index (χ1) is 11.5. The summed E-state index contributed by atoms with van der Waals surface area (Å²) < 4.78 is 0. The smallest absolute Gasteiger partial charge is 0.257 e. The lowest BCUT2D eigenvalue weighted by Gasteiger charge is -2.14. The maximum atomic E-state index is 11.7. The van der Waals surface area contributed by atoms with Crippen LogP contribution in [0.5, 0.6) is 0 Å². The highest BCUT2D eigenvalue weighted by Gasteiger charge is 2.08. The minimum atomic E-state index is -0.399. The number of benzene rings is 1. The molecule has 126 valence electrons. The summed E-state index contributed by atoms with van der Waals surface area (Å²) in [5, 5.41) is 9.32.